The Balaban J connectivity index is 1.91. The molecule has 2 aromatic rings. The third-order valence-electron chi connectivity index (χ3n) is 4.80. The number of hydrogen-bond donors (Lipinski definition) is 1. The van der Waals surface area contributed by atoms with Crippen LogP contribution in [-0.4, -0.2) is 44.4 Å². The lowest BCUT2D eigenvalue weighted by Gasteiger charge is -2.42. The number of nitro benzene ring substituents is 1. The molecule has 132 valence electrons. The molecule has 25 heavy (non-hydrogen) atoms. The predicted molar refractivity (Wildman–Crippen MR) is 92.5 cm³/mol. The molecule has 1 amide bonds. The smallest absolute Gasteiger partial charge is 0.294 e. The minimum atomic E-state index is -0.484. The summed E-state index contributed by atoms with van der Waals surface area (Å²) in [7, 11) is 0. The van der Waals surface area contributed by atoms with Gasteiger partial charge in [-0.15, -0.1) is 0 Å². The molecule has 1 aromatic heterocycles. The standard InChI is InChI=1S/C17H21N5O3/c1-17(2)10-20(7-5-15(17)18)16(23)12-3-4-13(14(9-12)22(24)25)21-8-6-19-11-21/h3-4,6,8-9,11,15H,5,7,10,18H2,1-2H3. The monoisotopic (exact) mass is 343 g/mol. The van der Waals surface area contributed by atoms with E-state index in [1.54, 1.807) is 34.0 Å². The molecule has 8 heteroatoms. The molecule has 1 aromatic carbocycles. The second-order valence-electron chi connectivity index (χ2n) is 7.04. The van der Waals surface area contributed by atoms with E-state index in [-0.39, 0.29) is 23.1 Å². The Morgan fingerprint density at radius 2 is 2.20 bits per heavy atom. The number of nitro groups is 1. The van der Waals surface area contributed by atoms with Gasteiger partial charge in [0.15, 0.2) is 0 Å². The number of nitrogens with two attached hydrogens (primary N) is 1. The Hall–Kier alpha value is -2.74. The number of amides is 1. The summed E-state index contributed by atoms with van der Waals surface area (Å²) in [6, 6.07) is 4.56. The van der Waals surface area contributed by atoms with Crippen molar-refractivity contribution in [3.05, 3.63) is 52.6 Å². The predicted octanol–water partition coefficient (Wildman–Crippen LogP) is 1.98. The van der Waals surface area contributed by atoms with Crippen molar-refractivity contribution in [1.82, 2.24) is 14.5 Å². The summed E-state index contributed by atoms with van der Waals surface area (Å²) in [5.41, 5.74) is 6.49. The Kier molecular flexibility index (Phi) is 4.30. The van der Waals surface area contributed by atoms with Gasteiger partial charge in [-0.2, -0.15) is 0 Å². The lowest BCUT2D eigenvalue weighted by Crippen LogP contribution is -2.54. The van der Waals surface area contributed by atoms with Crippen molar-refractivity contribution in [3.8, 4) is 5.69 Å². The molecule has 0 aliphatic carbocycles. The average Bonchev–Trinajstić information content (AvgIpc) is 3.10. The van der Waals surface area contributed by atoms with Gasteiger partial charge >= 0.3 is 0 Å². The van der Waals surface area contributed by atoms with Gasteiger partial charge in [-0.1, -0.05) is 13.8 Å². The van der Waals surface area contributed by atoms with E-state index in [4.69, 9.17) is 5.73 Å². The lowest BCUT2D eigenvalue weighted by atomic mass is 9.79. The van der Waals surface area contributed by atoms with Crippen LogP contribution < -0.4 is 5.73 Å². The van der Waals surface area contributed by atoms with Crippen LogP contribution in [0.15, 0.2) is 36.9 Å². The summed E-state index contributed by atoms with van der Waals surface area (Å²) in [5, 5.41) is 11.4. The molecule has 3 rings (SSSR count). The van der Waals surface area contributed by atoms with Crippen LogP contribution in [0.3, 0.4) is 0 Å². The van der Waals surface area contributed by atoms with Gasteiger partial charge in [0.2, 0.25) is 0 Å². The minimum absolute atomic E-state index is 0.0366. The molecule has 0 radical (unpaired) electrons. The van der Waals surface area contributed by atoms with Crippen molar-refractivity contribution in [2.75, 3.05) is 13.1 Å². The maximum absolute atomic E-state index is 12.8. The largest absolute Gasteiger partial charge is 0.338 e. The zero-order valence-corrected chi connectivity index (χ0v) is 14.3. The van der Waals surface area contributed by atoms with Gasteiger partial charge in [0.05, 0.1) is 11.3 Å². The Morgan fingerprint density at radius 3 is 2.80 bits per heavy atom. The molecule has 0 saturated carbocycles. The molecule has 1 fully saturated rings. The van der Waals surface area contributed by atoms with Crippen molar-refractivity contribution in [1.29, 1.82) is 0 Å². The molecule has 2 N–H and O–H groups in total. The maximum atomic E-state index is 12.8. The number of carbonyl (C=O) groups excluding carboxylic acids is 1. The average molecular weight is 343 g/mol. The Morgan fingerprint density at radius 1 is 1.44 bits per heavy atom. The van der Waals surface area contributed by atoms with Crippen LogP contribution in [0.25, 0.3) is 5.69 Å². The van der Waals surface area contributed by atoms with Crippen molar-refractivity contribution < 1.29 is 9.72 Å². The summed E-state index contributed by atoms with van der Waals surface area (Å²) >= 11 is 0. The summed E-state index contributed by atoms with van der Waals surface area (Å²) < 4.78 is 1.55. The van der Waals surface area contributed by atoms with Crippen molar-refractivity contribution in [3.63, 3.8) is 0 Å². The summed E-state index contributed by atoms with van der Waals surface area (Å²) in [6.07, 6.45) is 5.37. The number of nitrogens with zero attached hydrogens (tertiary/aromatic N) is 4. The van der Waals surface area contributed by atoms with E-state index in [9.17, 15) is 14.9 Å². The Bertz CT molecular complexity index is 801. The second kappa shape index (κ2) is 6.29. The fraction of sp³-hybridized carbons (Fsp3) is 0.412. The summed E-state index contributed by atoms with van der Waals surface area (Å²) in [6.45, 7) is 5.15. The van der Waals surface area contributed by atoms with Gasteiger partial charge in [-0.3, -0.25) is 14.9 Å². The molecular formula is C17H21N5O3. The number of likely N-dealkylation sites (tertiary alicyclic amines) is 1. The first-order valence-corrected chi connectivity index (χ1v) is 8.11. The highest BCUT2D eigenvalue weighted by atomic mass is 16.6. The molecule has 1 atom stereocenters. The third kappa shape index (κ3) is 3.25. The van der Waals surface area contributed by atoms with E-state index >= 15 is 0 Å². The molecule has 0 spiro atoms. The number of aromatic nitrogens is 2. The number of benzene rings is 1. The highest BCUT2D eigenvalue weighted by Crippen LogP contribution is 2.30. The number of piperidine rings is 1. The zero-order valence-electron chi connectivity index (χ0n) is 14.3. The van der Waals surface area contributed by atoms with E-state index in [1.807, 2.05) is 13.8 Å². The van der Waals surface area contributed by atoms with Gasteiger partial charge < -0.3 is 15.2 Å². The number of imidazole rings is 1. The molecule has 1 saturated heterocycles. The third-order valence-corrected chi connectivity index (χ3v) is 4.80. The van der Waals surface area contributed by atoms with Gasteiger partial charge in [0.25, 0.3) is 11.6 Å². The zero-order chi connectivity index (χ0) is 18.2. The van der Waals surface area contributed by atoms with Gasteiger partial charge in [0.1, 0.15) is 5.69 Å². The van der Waals surface area contributed by atoms with Crippen LogP contribution in [0.4, 0.5) is 5.69 Å². The van der Waals surface area contributed by atoms with Crippen molar-refractivity contribution in [2.24, 2.45) is 11.1 Å². The molecule has 0 bridgehead atoms. The van der Waals surface area contributed by atoms with Crippen LogP contribution in [0, 0.1) is 15.5 Å². The van der Waals surface area contributed by atoms with E-state index in [2.05, 4.69) is 4.98 Å². The highest BCUT2D eigenvalue weighted by molar-refractivity contribution is 5.95. The van der Waals surface area contributed by atoms with Crippen LogP contribution in [0.1, 0.15) is 30.6 Å². The van der Waals surface area contributed by atoms with Gasteiger partial charge in [-0.05, 0) is 24.0 Å². The fourth-order valence-corrected chi connectivity index (χ4v) is 3.15. The molecule has 2 heterocycles. The number of rotatable bonds is 3. The van der Waals surface area contributed by atoms with Crippen molar-refractivity contribution in [2.45, 2.75) is 26.3 Å². The van der Waals surface area contributed by atoms with E-state index < -0.39 is 4.92 Å². The van der Waals surface area contributed by atoms with Gasteiger partial charge in [0, 0.05) is 43.2 Å². The highest BCUT2D eigenvalue weighted by Gasteiger charge is 2.36. The first kappa shape index (κ1) is 17.1. The topological polar surface area (TPSA) is 107 Å². The number of hydrogen-bond acceptors (Lipinski definition) is 5. The van der Waals surface area contributed by atoms with Crippen molar-refractivity contribution >= 4 is 11.6 Å². The van der Waals surface area contributed by atoms with Crippen LogP contribution in [0.2, 0.25) is 0 Å². The molecule has 8 nitrogen and oxygen atoms in total. The normalized spacial score (nSPS) is 19.6. The van der Waals surface area contributed by atoms with E-state index in [0.717, 1.165) is 0 Å². The Labute approximate surface area is 145 Å². The van der Waals surface area contributed by atoms with Gasteiger partial charge in [-0.25, -0.2) is 4.98 Å². The SMILES string of the molecule is CC1(C)CN(C(=O)c2ccc(-n3ccnc3)c([N+](=O)[O-])c2)CCC1N. The first-order valence-electron chi connectivity index (χ1n) is 8.11. The quantitative estimate of drug-likeness (QED) is 0.677. The minimum Gasteiger partial charge on any atom is -0.338 e. The summed E-state index contributed by atoms with van der Waals surface area (Å²) in [5.74, 6) is -0.208. The second-order valence-corrected chi connectivity index (χ2v) is 7.04. The van der Waals surface area contributed by atoms with E-state index in [1.165, 1.54) is 12.4 Å². The molecule has 1 aliphatic rings. The fourth-order valence-electron chi connectivity index (χ4n) is 3.15. The van der Waals surface area contributed by atoms with Crippen LogP contribution in [-0.2, 0) is 0 Å². The molecule has 1 aliphatic heterocycles. The summed E-state index contributed by atoms with van der Waals surface area (Å²) in [4.78, 5) is 29.4. The first-order chi connectivity index (χ1) is 11.8. The molecule has 1 unspecified atom stereocenters. The van der Waals surface area contributed by atoms with Crippen LogP contribution >= 0.6 is 0 Å². The lowest BCUT2D eigenvalue weighted by molar-refractivity contribution is -0.384. The number of carbonyl (C=O) groups is 1. The van der Waals surface area contributed by atoms with Crippen LogP contribution in [0.5, 0.6) is 0 Å². The maximum Gasteiger partial charge on any atom is 0.294 e. The van der Waals surface area contributed by atoms with E-state index in [0.29, 0.717) is 30.8 Å². The molecular weight excluding hydrogens is 322 g/mol.